The first-order valence-corrected chi connectivity index (χ1v) is 8.23. The Morgan fingerprint density at radius 2 is 2.28 bits per heavy atom. The van der Waals surface area contributed by atoms with Crippen molar-refractivity contribution in [3.63, 3.8) is 0 Å². The van der Waals surface area contributed by atoms with Crippen molar-refractivity contribution in [2.45, 2.75) is 36.4 Å². The molecule has 0 radical (unpaired) electrons. The van der Waals surface area contributed by atoms with E-state index in [-0.39, 0.29) is 18.4 Å². The van der Waals surface area contributed by atoms with E-state index in [1.165, 1.54) is 11.3 Å². The first-order valence-electron chi connectivity index (χ1n) is 5.93. The zero-order valence-corrected chi connectivity index (χ0v) is 12.8. The second-order valence-electron chi connectivity index (χ2n) is 4.24. The molecule has 0 bridgehead atoms. The fourth-order valence-electron chi connectivity index (χ4n) is 1.92. The topological polar surface area (TPSA) is 58.2 Å². The quantitative estimate of drug-likeness (QED) is 0.891. The van der Waals surface area contributed by atoms with Gasteiger partial charge in [0.15, 0.2) is 0 Å². The highest BCUT2D eigenvalue weighted by molar-refractivity contribution is 7.91. The molecule has 0 saturated carbocycles. The molecule has 2 heterocycles. The van der Waals surface area contributed by atoms with E-state index in [0.29, 0.717) is 4.21 Å². The van der Waals surface area contributed by atoms with Crippen LogP contribution in [-0.2, 0) is 16.4 Å². The number of hydrogen-bond acceptors (Lipinski definition) is 4. The van der Waals surface area contributed by atoms with E-state index in [9.17, 15) is 8.42 Å². The molecule has 0 aliphatic carbocycles. The number of rotatable bonds is 4. The molecule has 1 fully saturated rings. The second kappa shape index (κ2) is 6.86. The highest BCUT2D eigenvalue weighted by Crippen LogP contribution is 2.22. The third-order valence-electron chi connectivity index (χ3n) is 2.87. The lowest BCUT2D eigenvalue weighted by Crippen LogP contribution is -2.45. The lowest BCUT2D eigenvalue weighted by atomic mass is 10.1. The van der Waals surface area contributed by atoms with Crippen molar-refractivity contribution in [1.82, 2.24) is 10.0 Å². The van der Waals surface area contributed by atoms with Crippen LogP contribution in [0.25, 0.3) is 0 Å². The van der Waals surface area contributed by atoms with Gasteiger partial charge in [-0.2, -0.15) is 0 Å². The maximum atomic E-state index is 12.1. The van der Waals surface area contributed by atoms with Gasteiger partial charge in [-0.3, -0.25) is 0 Å². The summed E-state index contributed by atoms with van der Waals surface area (Å²) in [6.45, 7) is 3.74. The lowest BCUT2D eigenvalue weighted by Gasteiger charge is -2.23. The molecule has 1 aliphatic rings. The molecule has 4 nitrogen and oxygen atoms in total. The Morgan fingerprint density at radius 3 is 2.83 bits per heavy atom. The van der Waals surface area contributed by atoms with Gasteiger partial charge in [-0.15, -0.1) is 23.7 Å². The third kappa shape index (κ3) is 3.93. The summed E-state index contributed by atoms with van der Waals surface area (Å²) in [5.74, 6) is 0. The van der Waals surface area contributed by atoms with Gasteiger partial charge in [-0.1, -0.05) is 6.92 Å². The Hall–Kier alpha value is -0.140. The molecule has 2 rings (SSSR count). The van der Waals surface area contributed by atoms with Crippen molar-refractivity contribution in [3.8, 4) is 0 Å². The van der Waals surface area contributed by atoms with Crippen LogP contribution in [0.2, 0.25) is 0 Å². The van der Waals surface area contributed by atoms with Gasteiger partial charge < -0.3 is 5.32 Å². The Bertz CT molecular complexity index is 467. The zero-order valence-electron chi connectivity index (χ0n) is 10.3. The van der Waals surface area contributed by atoms with Crippen LogP contribution in [0.5, 0.6) is 0 Å². The normalized spacial score (nSPS) is 20.4. The van der Waals surface area contributed by atoms with Crippen molar-refractivity contribution in [2.24, 2.45) is 0 Å². The molecular formula is C11H19ClN2O2S2. The molecule has 2 N–H and O–H groups in total. The van der Waals surface area contributed by atoms with Crippen molar-refractivity contribution in [1.29, 1.82) is 0 Å². The van der Waals surface area contributed by atoms with Gasteiger partial charge >= 0.3 is 0 Å². The second-order valence-corrected chi connectivity index (χ2v) is 7.35. The summed E-state index contributed by atoms with van der Waals surface area (Å²) in [7, 11) is -3.32. The predicted octanol–water partition coefficient (Wildman–Crippen LogP) is 1.76. The molecule has 0 aromatic carbocycles. The van der Waals surface area contributed by atoms with Gasteiger partial charge in [-0.05, 0) is 37.9 Å². The molecule has 7 heteroatoms. The maximum absolute atomic E-state index is 12.1. The summed E-state index contributed by atoms with van der Waals surface area (Å²) in [4.78, 5) is 1.10. The van der Waals surface area contributed by atoms with E-state index < -0.39 is 10.0 Å². The van der Waals surface area contributed by atoms with Gasteiger partial charge in [0.2, 0.25) is 10.0 Å². The Balaban J connectivity index is 0.00000162. The summed E-state index contributed by atoms with van der Waals surface area (Å²) in [5, 5.41) is 3.20. The van der Waals surface area contributed by atoms with Crippen LogP contribution in [-0.4, -0.2) is 27.5 Å². The number of aryl methyl sites for hydroxylation is 1. The molecule has 18 heavy (non-hydrogen) atoms. The monoisotopic (exact) mass is 310 g/mol. The summed E-state index contributed by atoms with van der Waals surface area (Å²) < 4.78 is 27.4. The fourth-order valence-corrected chi connectivity index (χ4v) is 4.51. The summed E-state index contributed by atoms with van der Waals surface area (Å²) in [5.41, 5.74) is 0. The minimum absolute atomic E-state index is 0. The average Bonchev–Trinajstić information content (AvgIpc) is 2.79. The van der Waals surface area contributed by atoms with Gasteiger partial charge in [0.05, 0.1) is 0 Å². The highest BCUT2D eigenvalue weighted by Gasteiger charge is 2.22. The van der Waals surface area contributed by atoms with Crippen LogP contribution in [0.1, 0.15) is 24.6 Å². The predicted molar refractivity (Wildman–Crippen MR) is 77.2 cm³/mol. The number of sulfonamides is 1. The van der Waals surface area contributed by atoms with E-state index in [2.05, 4.69) is 10.0 Å². The molecule has 1 saturated heterocycles. The first-order chi connectivity index (χ1) is 8.12. The van der Waals surface area contributed by atoms with E-state index in [1.807, 2.05) is 13.0 Å². The number of nitrogens with one attached hydrogen (secondary N) is 2. The SMILES string of the molecule is CCc1ccc(S(=O)(=O)N[C@@H]2CCCNC2)s1.Cl. The third-order valence-corrected chi connectivity index (χ3v) is 6.11. The summed E-state index contributed by atoms with van der Waals surface area (Å²) in [6, 6.07) is 3.61. The van der Waals surface area contributed by atoms with Crippen molar-refractivity contribution in [3.05, 3.63) is 17.0 Å². The van der Waals surface area contributed by atoms with Crippen molar-refractivity contribution in [2.75, 3.05) is 13.1 Å². The number of thiophene rings is 1. The lowest BCUT2D eigenvalue weighted by molar-refractivity contribution is 0.429. The van der Waals surface area contributed by atoms with Gasteiger partial charge in [0, 0.05) is 17.5 Å². The Labute approximate surface area is 119 Å². The van der Waals surface area contributed by atoms with Crippen LogP contribution in [0.3, 0.4) is 0 Å². The first kappa shape index (κ1) is 15.9. The Morgan fingerprint density at radius 1 is 1.50 bits per heavy atom. The summed E-state index contributed by atoms with van der Waals surface area (Å²) in [6.07, 6.45) is 2.82. The van der Waals surface area contributed by atoms with Gasteiger partial charge in [-0.25, -0.2) is 13.1 Å². The van der Waals surface area contributed by atoms with Crippen LogP contribution in [0.15, 0.2) is 16.3 Å². The summed E-state index contributed by atoms with van der Waals surface area (Å²) >= 11 is 1.36. The molecule has 1 aromatic rings. The number of hydrogen-bond donors (Lipinski definition) is 2. The number of piperidine rings is 1. The van der Waals surface area contributed by atoms with E-state index in [4.69, 9.17) is 0 Å². The number of halogens is 1. The molecule has 1 aliphatic heterocycles. The van der Waals surface area contributed by atoms with Gasteiger partial charge in [0.1, 0.15) is 4.21 Å². The zero-order chi connectivity index (χ0) is 12.3. The van der Waals surface area contributed by atoms with Crippen LogP contribution < -0.4 is 10.0 Å². The maximum Gasteiger partial charge on any atom is 0.250 e. The van der Waals surface area contributed by atoms with Crippen LogP contribution in [0, 0.1) is 0 Å². The molecule has 0 amide bonds. The molecule has 0 unspecified atom stereocenters. The molecule has 1 atom stereocenters. The van der Waals surface area contributed by atoms with Crippen LogP contribution in [0.4, 0.5) is 0 Å². The Kier molecular flexibility index (Phi) is 6.07. The minimum Gasteiger partial charge on any atom is -0.315 e. The molecule has 0 spiro atoms. The largest absolute Gasteiger partial charge is 0.315 e. The van der Waals surface area contributed by atoms with Gasteiger partial charge in [0.25, 0.3) is 0 Å². The fraction of sp³-hybridized carbons (Fsp3) is 0.636. The standard InChI is InChI=1S/C11H18N2O2S2.ClH/c1-2-10-5-6-11(16-10)17(14,15)13-9-4-3-7-12-8-9;/h5-6,9,12-13H,2-4,7-8H2,1H3;1H/t9-;/m1./s1. The minimum atomic E-state index is -3.32. The van der Waals surface area contributed by atoms with E-state index in [1.54, 1.807) is 6.07 Å². The van der Waals surface area contributed by atoms with Crippen molar-refractivity contribution < 1.29 is 8.42 Å². The van der Waals surface area contributed by atoms with Crippen molar-refractivity contribution >= 4 is 33.8 Å². The highest BCUT2D eigenvalue weighted by atomic mass is 35.5. The van der Waals surface area contributed by atoms with E-state index >= 15 is 0 Å². The molecule has 1 aromatic heterocycles. The average molecular weight is 311 g/mol. The molecular weight excluding hydrogens is 292 g/mol. The smallest absolute Gasteiger partial charge is 0.250 e. The van der Waals surface area contributed by atoms with E-state index in [0.717, 1.165) is 37.2 Å². The van der Waals surface area contributed by atoms with Crippen LogP contribution >= 0.6 is 23.7 Å². The molecule has 104 valence electrons.